The van der Waals surface area contributed by atoms with Crippen LogP contribution in [-0.2, 0) is 11.3 Å². The van der Waals surface area contributed by atoms with E-state index in [1.807, 2.05) is 0 Å². The van der Waals surface area contributed by atoms with Crippen LogP contribution >= 0.6 is 0 Å². The molecule has 0 spiro atoms. The van der Waals surface area contributed by atoms with Crippen LogP contribution in [-0.4, -0.2) is 24.5 Å². The molecule has 2 N–H and O–H groups in total. The van der Waals surface area contributed by atoms with Crippen molar-refractivity contribution < 1.29 is 13.9 Å². The summed E-state index contributed by atoms with van der Waals surface area (Å²) in [5.41, 5.74) is 0.675. The summed E-state index contributed by atoms with van der Waals surface area (Å²) in [5, 5.41) is 5.63. The topological polar surface area (TPSA) is 63.2 Å². The maximum atomic E-state index is 14.0. The predicted octanol–water partition coefficient (Wildman–Crippen LogP) is 2.24. The van der Waals surface area contributed by atoms with Crippen molar-refractivity contribution in [2.24, 2.45) is 0 Å². The highest BCUT2D eigenvalue weighted by Crippen LogP contribution is 2.24. The Morgan fingerprint density at radius 1 is 1.36 bits per heavy atom. The molecular formula is C16H18FN3O2. The molecule has 1 heterocycles. The smallest absolute Gasteiger partial charge is 0.221 e. The number of amides is 1. The molecule has 2 rings (SSSR count). The lowest BCUT2D eigenvalue weighted by atomic mass is 10.2. The zero-order chi connectivity index (χ0) is 15.8. The van der Waals surface area contributed by atoms with Crippen molar-refractivity contribution in [3.63, 3.8) is 0 Å². The summed E-state index contributed by atoms with van der Waals surface area (Å²) >= 11 is 0. The number of pyridine rings is 1. The van der Waals surface area contributed by atoms with Crippen molar-refractivity contribution in [1.29, 1.82) is 0 Å². The zero-order valence-corrected chi connectivity index (χ0v) is 12.3. The van der Waals surface area contributed by atoms with Crippen molar-refractivity contribution >= 4 is 5.91 Å². The minimum atomic E-state index is -0.481. The van der Waals surface area contributed by atoms with Crippen LogP contribution in [0.1, 0.15) is 12.0 Å². The fourth-order valence-electron chi connectivity index (χ4n) is 1.80. The molecule has 0 atom stereocenters. The van der Waals surface area contributed by atoms with Gasteiger partial charge in [-0.3, -0.25) is 9.78 Å². The van der Waals surface area contributed by atoms with Crippen molar-refractivity contribution in [2.75, 3.05) is 13.6 Å². The highest BCUT2D eigenvalue weighted by Gasteiger charge is 2.07. The minimum Gasteiger partial charge on any atom is -0.453 e. The molecule has 0 fully saturated rings. The van der Waals surface area contributed by atoms with E-state index < -0.39 is 5.82 Å². The quantitative estimate of drug-likeness (QED) is 0.823. The number of carbonyl (C=O) groups is 1. The van der Waals surface area contributed by atoms with Gasteiger partial charge in [-0.2, -0.15) is 0 Å². The summed E-state index contributed by atoms with van der Waals surface area (Å²) < 4.78 is 19.4. The number of nitrogens with zero attached hydrogens (tertiary/aromatic N) is 1. The van der Waals surface area contributed by atoms with E-state index in [1.165, 1.54) is 18.3 Å². The minimum absolute atomic E-state index is 0.0783. The number of aromatic nitrogens is 1. The van der Waals surface area contributed by atoms with Crippen LogP contribution in [0.25, 0.3) is 0 Å². The first-order valence-corrected chi connectivity index (χ1v) is 6.96. The molecule has 0 aliphatic rings. The van der Waals surface area contributed by atoms with E-state index in [1.54, 1.807) is 31.4 Å². The van der Waals surface area contributed by atoms with Crippen molar-refractivity contribution in [1.82, 2.24) is 15.6 Å². The molecule has 0 radical (unpaired) electrons. The highest BCUT2D eigenvalue weighted by atomic mass is 19.1. The second kappa shape index (κ2) is 8.09. The fourth-order valence-corrected chi connectivity index (χ4v) is 1.80. The molecule has 22 heavy (non-hydrogen) atoms. The Bertz CT molecular complexity index is 620. The third kappa shape index (κ3) is 4.82. The third-order valence-corrected chi connectivity index (χ3v) is 2.95. The van der Waals surface area contributed by atoms with Crippen molar-refractivity contribution in [2.45, 2.75) is 13.0 Å². The second-order valence-corrected chi connectivity index (χ2v) is 4.69. The number of hydrogen-bond acceptors (Lipinski definition) is 4. The van der Waals surface area contributed by atoms with Crippen LogP contribution in [0.5, 0.6) is 11.5 Å². The van der Waals surface area contributed by atoms with Gasteiger partial charge in [0, 0.05) is 25.7 Å². The molecule has 5 nitrogen and oxygen atoms in total. The van der Waals surface area contributed by atoms with E-state index in [2.05, 4.69) is 15.6 Å². The van der Waals surface area contributed by atoms with Crippen LogP contribution in [0.2, 0.25) is 0 Å². The lowest BCUT2D eigenvalue weighted by Gasteiger charge is -2.09. The van der Waals surface area contributed by atoms with Crippen molar-refractivity contribution in [3.05, 3.63) is 54.1 Å². The highest BCUT2D eigenvalue weighted by molar-refractivity contribution is 5.76. The van der Waals surface area contributed by atoms with Gasteiger partial charge in [-0.1, -0.05) is 6.07 Å². The number of hydrogen-bond donors (Lipinski definition) is 2. The first kappa shape index (κ1) is 15.9. The lowest BCUT2D eigenvalue weighted by molar-refractivity contribution is -0.121. The summed E-state index contributed by atoms with van der Waals surface area (Å²) in [7, 11) is 1.78. The Hall–Kier alpha value is -2.47. The monoisotopic (exact) mass is 303 g/mol. The summed E-state index contributed by atoms with van der Waals surface area (Å²) in [4.78, 5) is 15.4. The van der Waals surface area contributed by atoms with Crippen LogP contribution < -0.4 is 15.4 Å². The Morgan fingerprint density at radius 2 is 2.23 bits per heavy atom. The average Bonchev–Trinajstić information content (AvgIpc) is 2.54. The fraction of sp³-hybridized carbons (Fsp3) is 0.250. The Morgan fingerprint density at radius 3 is 2.91 bits per heavy atom. The molecule has 1 aromatic heterocycles. The molecular weight excluding hydrogens is 285 g/mol. The maximum Gasteiger partial charge on any atom is 0.221 e. The van der Waals surface area contributed by atoms with E-state index in [4.69, 9.17) is 4.74 Å². The van der Waals surface area contributed by atoms with Gasteiger partial charge in [0.1, 0.15) is 5.75 Å². The number of carbonyl (C=O) groups excluding carboxylic acids is 1. The van der Waals surface area contributed by atoms with Gasteiger partial charge in [0.25, 0.3) is 0 Å². The van der Waals surface area contributed by atoms with Crippen LogP contribution in [0.3, 0.4) is 0 Å². The normalized spacial score (nSPS) is 10.3. The molecule has 0 aliphatic heterocycles. The SMILES string of the molecule is CNCCC(=O)NCc1ccc(Oc2cccnc2)c(F)c1. The van der Waals surface area contributed by atoms with Crippen LogP contribution in [0.4, 0.5) is 4.39 Å². The second-order valence-electron chi connectivity index (χ2n) is 4.69. The average molecular weight is 303 g/mol. The number of ether oxygens (including phenoxy) is 1. The molecule has 2 aromatic rings. The summed E-state index contributed by atoms with van der Waals surface area (Å²) in [6, 6.07) is 8.01. The molecule has 0 saturated heterocycles. The van der Waals surface area contributed by atoms with Gasteiger partial charge in [0.15, 0.2) is 11.6 Å². The predicted molar refractivity (Wildman–Crippen MR) is 81.1 cm³/mol. The molecule has 0 bridgehead atoms. The molecule has 1 amide bonds. The van der Waals surface area contributed by atoms with Gasteiger partial charge in [0.05, 0.1) is 6.20 Å². The summed E-state index contributed by atoms with van der Waals surface area (Å²) in [6.45, 7) is 0.894. The van der Waals surface area contributed by atoms with Crippen LogP contribution in [0, 0.1) is 5.82 Å². The first-order valence-electron chi connectivity index (χ1n) is 6.96. The molecule has 1 aromatic carbocycles. The molecule has 6 heteroatoms. The van der Waals surface area contributed by atoms with E-state index >= 15 is 0 Å². The number of halogens is 1. The van der Waals surface area contributed by atoms with Gasteiger partial charge in [0.2, 0.25) is 5.91 Å². The molecule has 116 valence electrons. The van der Waals surface area contributed by atoms with Crippen LogP contribution in [0.15, 0.2) is 42.7 Å². The van der Waals surface area contributed by atoms with Gasteiger partial charge in [-0.15, -0.1) is 0 Å². The largest absolute Gasteiger partial charge is 0.453 e. The van der Waals surface area contributed by atoms with Gasteiger partial charge in [-0.05, 0) is 36.9 Å². The van der Waals surface area contributed by atoms with Gasteiger partial charge in [-0.25, -0.2) is 4.39 Å². The zero-order valence-electron chi connectivity index (χ0n) is 12.3. The maximum absolute atomic E-state index is 14.0. The molecule has 0 unspecified atom stereocenters. The van der Waals surface area contributed by atoms with E-state index in [0.29, 0.717) is 24.3 Å². The number of nitrogens with one attached hydrogen (secondary N) is 2. The summed E-state index contributed by atoms with van der Waals surface area (Å²) in [6.07, 6.45) is 3.51. The van der Waals surface area contributed by atoms with E-state index in [-0.39, 0.29) is 18.2 Å². The number of rotatable bonds is 7. The Balaban J connectivity index is 1.93. The lowest BCUT2D eigenvalue weighted by Crippen LogP contribution is -2.26. The molecule has 0 saturated carbocycles. The Kier molecular flexibility index (Phi) is 5.85. The molecule has 0 aliphatic carbocycles. The Labute approximate surface area is 128 Å². The third-order valence-electron chi connectivity index (χ3n) is 2.95. The number of benzene rings is 1. The van der Waals surface area contributed by atoms with E-state index in [0.717, 1.165) is 0 Å². The van der Waals surface area contributed by atoms with Crippen molar-refractivity contribution in [3.8, 4) is 11.5 Å². The first-order chi connectivity index (χ1) is 10.7. The van der Waals surface area contributed by atoms with Gasteiger partial charge >= 0.3 is 0 Å². The van der Waals surface area contributed by atoms with E-state index in [9.17, 15) is 9.18 Å². The standard InChI is InChI=1S/C16H18FN3O2/c1-18-8-6-16(21)20-10-12-4-5-15(14(17)9-12)22-13-3-2-7-19-11-13/h2-5,7,9,11,18H,6,8,10H2,1H3,(H,20,21). The van der Waals surface area contributed by atoms with Gasteiger partial charge < -0.3 is 15.4 Å². The summed E-state index contributed by atoms with van der Waals surface area (Å²) in [5.74, 6) is 0.0315.